The fraction of sp³-hybridized carbons (Fsp3) is 0.793. The minimum absolute atomic E-state index is 0.0304. The Morgan fingerprint density at radius 2 is 1.35 bits per heavy atom. The topological polar surface area (TPSA) is 35.2 Å². The SMILES string of the molecule is Cc1c(C)c2c(c(C)c1N)CC[C@@](C)(CCC[C@H](C)CCC[C@H](C)CCCC(C)C)O2. The summed E-state index contributed by atoms with van der Waals surface area (Å²) >= 11 is 0. The van der Waals surface area contributed by atoms with Crippen LogP contribution in [0, 0.1) is 38.5 Å². The molecule has 0 amide bonds. The van der Waals surface area contributed by atoms with E-state index in [4.69, 9.17) is 10.5 Å². The fourth-order valence-electron chi connectivity index (χ4n) is 5.32. The summed E-state index contributed by atoms with van der Waals surface area (Å²) in [5.74, 6) is 3.70. The molecular weight excluding hydrogens is 378 g/mol. The van der Waals surface area contributed by atoms with Crippen LogP contribution in [-0.4, -0.2) is 5.60 Å². The van der Waals surface area contributed by atoms with Gasteiger partial charge >= 0.3 is 0 Å². The molecule has 1 aliphatic heterocycles. The number of nitrogen functional groups attached to an aromatic ring is 1. The minimum atomic E-state index is -0.0304. The van der Waals surface area contributed by atoms with E-state index >= 15 is 0 Å². The predicted octanol–water partition coefficient (Wildman–Crippen LogP) is 8.72. The van der Waals surface area contributed by atoms with Crippen LogP contribution in [-0.2, 0) is 6.42 Å². The van der Waals surface area contributed by atoms with Crippen molar-refractivity contribution in [3.63, 3.8) is 0 Å². The molecule has 0 aliphatic carbocycles. The van der Waals surface area contributed by atoms with E-state index in [2.05, 4.69) is 55.4 Å². The summed E-state index contributed by atoms with van der Waals surface area (Å²) in [5, 5.41) is 0. The third-order valence-corrected chi connectivity index (χ3v) is 7.96. The van der Waals surface area contributed by atoms with Gasteiger partial charge in [-0.1, -0.05) is 72.6 Å². The molecule has 0 bridgehead atoms. The molecule has 31 heavy (non-hydrogen) atoms. The van der Waals surface area contributed by atoms with Crippen LogP contribution in [0.3, 0.4) is 0 Å². The fourth-order valence-corrected chi connectivity index (χ4v) is 5.32. The molecule has 178 valence electrons. The Labute approximate surface area is 193 Å². The number of ether oxygens (including phenoxy) is 1. The molecule has 2 nitrogen and oxygen atoms in total. The largest absolute Gasteiger partial charge is 0.487 e. The Morgan fingerprint density at radius 3 is 1.94 bits per heavy atom. The molecule has 0 unspecified atom stereocenters. The Morgan fingerprint density at radius 1 is 0.806 bits per heavy atom. The van der Waals surface area contributed by atoms with Gasteiger partial charge < -0.3 is 10.5 Å². The summed E-state index contributed by atoms with van der Waals surface area (Å²) in [4.78, 5) is 0. The maximum atomic E-state index is 6.66. The number of anilines is 1. The number of nitrogens with two attached hydrogens (primary N) is 1. The zero-order valence-electron chi connectivity index (χ0n) is 22.0. The number of hydrogen-bond acceptors (Lipinski definition) is 2. The number of benzene rings is 1. The molecule has 1 aliphatic rings. The molecule has 2 rings (SSSR count). The highest BCUT2D eigenvalue weighted by Crippen LogP contribution is 2.43. The predicted molar refractivity (Wildman–Crippen MR) is 137 cm³/mol. The van der Waals surface area contributed by atoms with E-state index in [1.54, 1.807) is 0 Å². The summed E-state index contributed by atoms with van der Waals surface area (Å²) in [6.07, 6.45) is 14.3. The first-order chi connectivity index (χ1) is 14.5. The number of hydrogen-bond donors (Lipinski definition) is 1. The van der Waals surface area contributed by atoms with Gasteiger partial charge in [-0.3, -0.25) is 0 Å². The van der Waals surface area contributed by atoms with Crippen molar-refractivity contribution in [1.29, 1.82) is 0 Å². The lowest BCUT2D eigenvalue weighted by molar-refractivity contribution is 0.0514. The Bertz CT molecular complexity index is 707. The van der Waals surface area contributed by atoms with E-state index in [9.17, 15) is 0 Å². The van der Waals surface area contributed by atoms with Crippen LogP contribution in [0.1, 0.15) is 121 Å². The number of fused-ring (bicyclic) bond motifs is 1. The van der Waals surface area contributed by atoms with Crippen LogP contribution in [0.25, 0.3) is 0 Å². The van der Waals surface area contributed by atoms with Gasteiger partial charge in [-0.15, -0.1) is 0 Å². The molecule has 0 fully saturated rings. The Hall–Kier alpha value is -1.18. The molecule has 3 atom stereocenters. The molecule has 0 aromatic heterocycles. The van der Waals surface area contributed by atoms with Crippen molar-refractivity contribution in [2.45, 2.75) is 132 Å². The second-order valence-electron chi connectivity index (χ2n) is 11.5. The van der Waals surface area contributed by atoms with Crippen molar-refractivity contribution >= 4 is 5.69 Å². The molecule has 0 saturated carbocycles. The average Bonchev–Trinajstić information content (AvgIpc) is 2.70. The average molecular weight is 430 g/mol. The summed E-state index contributed by atoms with van der Waals surface area (Å²) < 4.78 is 6.66. The molecule has 1 aromatic carbocycles. The van der Waals surface area contributed by atoms with Crippen molar-refractivity contribution < 1.29 is 4.74 Å². The van der Waals surface area contributed by atoms with Gasteiger partial charge in [0.2, 0.25) is 0 Å². The normalized spacial score (nSPS) is 20.4. The smallest absolute Gasteiger partial charge is 0.126 e. The highest BCUT2D eigenvalue weighted by atomic mass is 16.5. The second kappa shape index (κ2) is 11.6. The lowest BCUT2D eigenvalue weighted by Gasteiger charge is -2.38. The third kappa shape index (κ3) is 7.43. The Balaban J connectivity index is 1.74. The van der Waals surface area contributed by atoms with Crippen LogP contribution >= 0.6 is 0 Å². The van der Waals surface area contributed by atoms with E-state index < -0.39 is 0 Å². The van der Waals surface area contributed by atoms with Crippen molar-refractivity contribution in [3.05, 3.63) is 22.3 Å². The Kier molecular flexibility index (Phi) is 9.77. The van der Waals surface area contributed by atoms with Crippen molar-refractivity contribution in [2.75, 3.05) is 5.73 Å². The standard InChI is InChI=1S/C29H51NO/c1-20(2)12-9-13-21(3)14-10-15-22(4)16-11-18-29(8)19-17-26-25(7)27(30)23(5)24(6)28(26)31-29/h20-22H,9-19,30H2,1-8H3/t21-,22-,29-/m1/s1. The monoisotopic (exact) mass is 429 g/mol. The zero-order chi connectivity index (χ0) is 23.2. The van der Waals surface area contributed by atoms with E-state index in [0.29, 0.717) is 0 Å². The summed E-state index contributed by atoms with van der Waals surface area (Å²) in [6.45, 7) is 18.3. The first kappa shape index (κ1) is 26.1. The van der Waals surface area contributed by atoms with E-state index in [1.165, 1.54) is 73.6 Å². The molecule has 0 spiro atoms. The molecule has 2 N–H and O–H groups in total. The van der Waals surface area contributed by atoms with Gasteiger partial charge in [-0.2, -0.15) is 0 Å². The molecule has 1 aromatic rings. The van der Waals surface area contributed by atoms with Crippen molar-refractivity contribution in [3.8, 4) is 5.75 Å². The van der Waals surface area contributed by atoms with Crippen LogP contribution in [0.5, 0.6) is 5.75 Å². The molecule has 2 heteroatoms. The quantitative estimate of drug-likeness (QED) is 0.337. The maximum Gasteiger partial charge on any atom is 0.126 e. The van der Waals surface area contributed by atoms with Gasteiger partial charge in [0.05, 0.1) is 0 Å². The third-order valence-electron chi connectivity index (χ3n) is 7.96. The van der Waals surface area contributed by atoms with Gasteiger partial charge in [-0.25, -0.2) is 0 Å². The van der Waals surface area contributed by atoms with E-state index in [1.807, 2.05) is 0 Å². The molecule has 1 heterocycles. The van der Waals surface area contributed by atoms with E-state index in [-0.39, 0.29) is 5.60 Å². The summed E-state index contributed by atoms with van der Waals surface area (Å²) in [5.41, 5.74) is 12.2. The molecular formula is C29H51NO. The first-order valence-electron chi connectivity index (χ1n) is 13.1. The first-order valence-corrected chi connectivity index (χ1v) is 13.1. The highest BCUT2D eigenvalue weighted by molar-refractivity contribution is 5.65. The van der Waals surface area contributed by atoms with E-state index in [0.717, 1.165) is 48.5 Å². The lowest BCUT2D eigenvalue weighted by Crippen LogP contribution is -2.37. The van der Waals surface area contributed by atoms with Crippen molar-refractivity contribution in [2.24, 2.45) is 17.8 Å². The van der Waals surface area contributed by atoms with Crippen LogP contribution in [0.2, 0.25) is 0 Å². The van der Waals surface area contributed by atoms with Crippen LogP contribution < -0.4 is 10.5 Å². The minimum Gasteiger partial charge on any atom is -0.487 e. The zero-order valence-corrected chi connectivity index (χ0v) is 22.0. The van der Waals surface area contributed by atoms with Crippen LogP contribution in [0.4, 0.5) is 5.69 Å². The van der Waals surface area contributed by atoms with Gasteiger partial charge in [-0.05, 0) is 93.4 Å². The molecule has 0 saturated heterocycles. The maximum absolute atomic E-state index is 6.66. The lowest BCUT2D eigenvalue weighted by atomic mass is 9.83. The molecule has 0 radical (unpaired) electrons. The van der Waals surface area contributed by atoms with Gasteiger partial charge in [0.15, 0.2) is 0 Å². The summed E-state index contributed by atoms with van der Waals surface area (Å²) in [7, 11) is 0. The van der Waals surface area contributed by atoms with Gasteiger partial charge in [0.25, 0.3) is 0 Å². The van der Waals surface area contributed by atoms with Crippen LogP contribution in [0.15, 0.2) is 0 Å². The van der Waals surface area contributed by atoms with Gasteiger partial charge in [0, 0.05) is 5.69 Å². The summed E-state index contributed by atoms with van der Waals surface area (Å²) in [6, 6.07) is 0. The number of rotatable bonds is 12. The second-order valence-corrected chi connectivity index (χ2v) is 11.5. The van der Waals surface area contributed by atoms with Crippen molar-refractivity contribution in [1.82, 2.24) is 0 Å². The van der Waals surface area contributed by atoms with Gasteiger partial charge in [0.1, 0.15) is 11.4 Å². The highest BCUT2D eigenvalue weighted by Gasteiger charge is 2.33.